The highest BCUT2D eigenvalue weighted by Gasteiger charge is 2.15. The zero-order chi connectivity index (χ0) is 17.4. The number of nitrogens with two attached hydrogens (primary N) is 1. The summed E-state index contributed by atoms with van der Waals surface area (Å²) >= 11 is 1.61. The molecule has 140 valence electrons. The molecule has 0 saturated heterocycles. The van der Waals surface area contributed by atoms with E-state index < -0.39 is 6.04 Å². The molecule has 6 nitrogen and oxygen atoms in total. The molecule has 0 radical (unpaired) electrons. The minimum atomic E-state index is -0.414. The number of halogens is 1. The molecule has 0 aliphatic heterocycles. The van der Waals surface area contributed by atoms with E-state index in [1.54, 1.807) is 11.8 Å². The number of aromatic nitrogens is 3. The molecule has 0 spiro atoms. The molecule has 1 rings (SSSR count). The lowest BCUT2D eigenvalue weighted by molar-refractivity contribution is -0.122. The maximum absolute atomic E-state index is 11.9. The zero-order valence-electron chi connectivity index (χ0n) is 15.4. The van der Waals surface area contributed by atoms with E-state index in [1.165, 1.54) is 0 Å². The monoisotopic (exact) mass is 377 g/mol. The van der Waals surface area contributed by atoms with E-state index in [0.29, 0.717) is 24.8 Å². The summed E-state index contributed by atoms with van der Waals surface area (Å²) in [7, 11) is 0. The van der Waals surface area contributed by atoms with Gasteiger partial charge in [-0.3, -0.25) is 4.79 Å². The molecule has 3 N–H and O–H groups in total. The van der Waals surface area contributed by atoms with Gasteiger partial charge in [0.15, 0.2) is 5.16 Å². The van der Waals surface area contributed by atoms with E-state index in [-0.39, 0.29) is 18.3 Å². The minimum Gasteiger partial charge on any atom is -0.355 e. The minimum absolute atomic E-state index is 0. The van der Waals surface area contributed by atoms with E-state index in [1.807, 2.05) is 6.26 Å². The van der Waals surface area contributed by atoms with Crippen molar-refractivity contribution in [3.05, 3.63) is 5.82 Å². The molecule has 0 fully saturated rings. The van der Waals surface area contributed by atoms with Crippen LogP contribution in [0.1, 0.15) is 46.4 Å². The summed E-state index contributed by atoms with van der Waals surface area (Å²) in [5.74, 6) is 1.90. The number of aryl methyl sites for hydroxylation is 1. The van der Waals surface area contributed by atoms with Crippen molar-refractivity contribution in [1.82, 2.24) is 20.1 Å². The molecule has 8 heteroatoms. The number of nitrogens with one attached hydrogen (secondary N) is 1. The lowest BCUT2D eigenvalue weighted by Crippen LogP contribution is -2.41. The fraction of sp³-hybridized carbons (Fsp3) is 0.812. The summed E-state index contributed by atoms with van der Waals surface area (Å²) in [4.78, 5) is 11.9. The van der Waals surface area contributed by atoms with Crippen molar-refractivity contribution in [3.8, 4) is 0 Å². The topological polar surface area (TPSA) is 85.8 Å². The summed E-state index contributed by atoms with van der Waals surface area (Å²) in [6, 6.07) is -0.414. The van der Waals surface area contributed by atoms with Crippen LogP contribution in [0.25, 0.3) is 0 Å². The first-order chi connectivity index (χ1) is 10.8. The Hall–Kier alpha value is -0.790. The Labute approximate surface area is 156 Å². The fourth-order valence-corrected chi connectivity index (χ4v) is 2.93. The smallest absolute Gasteiger partial charge is 0.236 e. The van der Waals surface area contributed by atoms with Gasteiger partial charge in [0.2, 0.25) is 5.91 Å². The third-order valence-corrected chi connectivity index (χ3v) is 4.13. The van der Waals surface area contributed by atoms with Gasteiger partial charge in [0, 0.05) is 19.5 Å². The zero-order valence-corrected chi connectivity index (χ0v) is 17.0. The van der Waals surface area contributed by atoms with Gasteiger partial charge in [-0.15, -0.1) is 22.6 Å². The van der Waals surface area contributed by atoms with Crippen LogP contribution in [0.4, 0.5) is 0 Å². The molecule has 1 heterocycles. The van der Waals surface area contributed by atoms with Crippen LogP contribution < -0.4 is 11.1 Å². The second kappa shape index (κ2) is 11.7. The van der Waals surface area contributed by atoms with E-state index in [0.717, 1.165) is 30.4 Å². The van der Waals surface area contributed by atoms with Crippen LogP contribution in [0.15, 0.2) is 5.16 Å². The number of thioether (sulfide) groups is 1. The van der Waals surface area contributed by atoms with Gasteiger partial charge in [-0.05, 0) is 30.9 Å². The van der Waals surface area contributed by atoms with Crippen molar-refractivity contribution < 1.29 is 4.79 Å². The molecular weight excluding hydrogens is 346 g/mol. The molecule has 0 bridgehead atoms. The third kappa shape index (κ3) is 7.85. The second-order valence-electron chi connectivity index (χ2n) is 6.74. The number of hydrogen-bond acceptors (Lipinski definition) is 5. The average molecular weight is 378 g/mol. The summed E-state index contributed by atoms with van der Waals surface area (Å²) < 4.78 is 2.18. The van der Waals surface area contributed by atoms with Gasteiger partial charge in [-0.1, -0.05) is 39.5 Å². The maximum Gasteiger partial charge on any atom is 0.236 e. The normalized spacial score (nSPS) is 12.3. The van der Waals surface area contributed by atoms with Crippen LogP contribution in [0.3, 0.4) is 0 Å². The standard InChI is InChI=1S/C16H31N5OS.ClH/c1-11(2)9-13(17)15(22)18-8-6-7-14-19-20-16(23-5)21(14)10-12(3)4;/h11-13H,6-10,17H2,1-5H3,(H,18,22);1H/t13-;/m0./s1. The third-order valence-electron chi connectivity index (χ3n) is 3.46. The Kier molecular flexibility index (Phi) is 11.3. The number of carbonyl (C=O) groups excluding carboxylic acids is 1. The van der Waals surface area contributed by atoms with E-state index in [4.69, 9.17) is 5.73 Å². The SMILES string of the molecule is CSc1nnc(CCCNC(=O)[C@@H](N)CC(C)C)n1CC(C)C.Cl. The van der Waals surface area contributed by atoms with Gasteiger partial charge < -0.3 is 15.6 Å². The Morgan fingerprint density at radius 1 is 1.25 bits per heavy atom. The van der Waals surface area contributed by atoms with E-state index in [9.17, 15) is 4.79 Å². The van der Waals surface area contributed by atoms with Crippen molar-refractivity contribution in [3.63, 3.8) is 0 Å². The first-order valence-corrected chi connectivity index (χ1v) is 9.57. The Bertz CT molecular complexity index is 493. The Balaban J connectivity index is 0.00000529. The number of amides is 1. The summed E-state index contributed by atoms with van der Waals surface area (Å²) in [5.41, 5.74) is 5.87. The van der Waals surface area contributed by atoms with Gasteiger partial charge in [-0.25, -0.2) is 0 Å². The van der Waals surface area contributed by atoms with Gasteiger partial charge >= 0.3 is 0 Å². The highest BCUT2D eigenvalue weighted by atomic mass is 35.5. The van der Waals surface area contributed by atoms with Gasteiger partial charge in [0.1, 0.15) is 5.82 Å². The van der Waals surface area contributed by atoms with Crippen LogP contribution >= 0.6 is 24.2 Å². The molecule has 1 atom stereocenters. The lowest BCUT2D eigenvalue weighted by Gasteiger charge is -2.14. The molecular formula is C16H32ClN5OS. The van der Waals surface area contributed by atoms with Gasteiger partial charge in [0.25, 0.3) is 0 Å². The number of carbonyl (C=O) groups is 1. The predicted molar refractivity (Wildman–Crippen MR) is 103 cm³/mol. The largest absolute Gasteiger partial charge is 0.355 e. The molecule has 0 unspecified atom stereocenters. The van der Waals surface area contributed by atoms with Gasteiger partial charge in [0.05, 0.1) is 6.04 Å². The van der Waals surface area contributed by atoms with Crippen molar-refractivity contribution in [2.24, 2.45) is 17.6 Å². The molecule has 0 aliphatic carbocycles. The molecule has 1 amide bonds. The average Bonchev–Trinajstić information content (AvgIpc) is 2.84. The summed E-state index contributed by atoms with van der Waals surface area (Å²) in [5, 5.41) is 12.4. The van der Waals surface area contributed by atoms with E-state index >= 15 is 0 Å². The number of hydrogen-bond donors (Lipinski definition) is 2. The number of rotatable bonds is 10. The highest BCUT2D eigenvalue weighted by molar-refractivity contribution is 7.98. The molecule has 0 saturated carbocycles. The molecule has 0 aliphatic rings. The van der Waals surface area contributed by atoms with Crippen LogP contribution in [-0.4, -0.2) is 39.5 Å². The fourth-order valence-electron chi connectivity index (χ4n) is 2.41. The van der Waals surface area contributed by atoms with Crippen molar-refractivity contribution in [1.29, 1.82) is 0 Å². The highest BCUT2D eigenvalue weighted by Crippen LogP contribution is 2.16. The quantitative estimate of drug-likeness (QED) is 0.483. The Morgan fingerprint density at radius 2 is 1.92 bits per heavy atom. The lowest BCUT2D eigenvalue weighted by atomic mass is 10.0. The van der Waals surface area contributed by atoms with Crippen LogP contribution in [-0.2, 0) is 17.8 Å². The first-order valence-electron chi connectivity index (χ1n) is 8.34. The second-order valence-corrected chi connectivity index (χ2v) is 7.51. The van der Waals surface area contributed by atoms with Gasteiger partial charge in [-0.2, -0.15) is 0 Å². The molecule has 1 aromatic rings. The van der Waals surface area contributed by atoms with Crippen molar-refractivity contribution in [2.45, 2.75) is 64.7 Å². The van der Waals surface area contributed by atoms with Crippen LogP contribution in [0.2, 0.25) is 0 Å². The predicted octanol–water partition coefficient (Wildman–Crippen LogP) is 2.50. The van der Waals surface area contributed by atoms with E-state index in [2.05, 4.69) is 47.8 Å². The maximum atomic E-state index is 11.9. The summed E-state index contributed by atoms with van der Waals surface area (Å²) in [6.45, 7) is 10.0. The molecule has 24 heavy (non-hydrogen) atoms. The van der Waals surface area contributed by atoms with Crippen LogP contribution in [0.5, 0.6) is 0 Å². The van der Waals surface area contributed by atoms with Crippen molar-refractivity contribution >= 4 is 30.1 Å². The van der Waals surface area contributed by atoms with Crippen molar-refractivity contribution in [2.75, 3.05) is 12.8 Å². The summed E-state index contributed by atoms with van der Waals surface area (Å²) in [6.07, 6.45) is 4.37. The van der Waals surface area contributed by atoms with Crippen LogP contribution in [0, 0.1) is 11.8 Å². The molecule has 0 aromatic carbocycles. The Morgan fingerprint density at radius 3 is 2.46 bits per heavy atom. The number of nitrogens with zero attached hydrogens (tertiary/aromatic N) is 3. The molecule has 1 aromatic heterocycles. The first kappa shape index (κ1) is 23.2.